The molecule has 0 heterocycles. The van der Waals surface area contributed by atoms with Crippen LogP contribution in [0.15, 0.2) is 24.3 Å². The van der Waals surface area contributed by atoms with Gasteiger partial charge in [-0.3, -0.25) is 0 Å². The topological polar surface area (TPSA) is 35.2 Å². The molecular weight excluding hydrogens is 264 g/mol. The Balaban J connectivity index is 2.97. The summed E-state index contributed by atoms with van der Waals surface area (Å²) in [6.45, 7) is 0.729. The van der Waals surface area contributed by atoms with Crippen LogP contribution < -0.4 is 10.5 Å². The fourth-order valence-corrected chi connectivity index (χ4v) is 1.17. The van der Waals surface area contributed by atoms with E-state index in [1.165, 1.54) is 0 Å². The maximum Gasteiger partial charge on any atom is 0.573 e. The first-order valence-electron chi connectivity index (χ1n) is 4.65. The normalized spacial score (nSPS) is 16.2. The monoisotopic (exact) mass is 273 g/mol. The molecule has 0 spiro atoms. The first-order chi connectivity index (χ1) is 7.93. The standard InChI is InChI=1S/C10H9F6NO/c1-8(17,9(11,12)13)6-2-4-7(5-3-6)18-10(14,15)16/h2-5H,17H2,1H3. The van der Waals surface area contributed by atoms with Crippen LogP contribution in [0.25, 0.3) is 0 Å². The van der Waals surface area contributed by atoms with Crippen molar-refractivity contribution in [2.24, 2.45) is 5.73 Å². The molecule has 0 aliphatic rings. The summed E-state index contributed by atoms with van der Waals surface area (Å²) in [6, 6.07) is 3.24. The van der Waals surface area contributed by atoms with Gasteiger partial charge in [0, 0.05) is 0 Å². The predicted octanol–water partition coefficient (Wildman–Crippen LogP) is 3.32. The number of alkyl halides is 6. The molecule has 1 atom stereocenters. The number of ether oxygens (including phenoxy) is 1. The van der Waals surface area contributed by atoms with Crippen molar-refractivity contribution < 1.29 is 31.1 Å². The van der Waals surface area contributed by atoms with Crippen molar-refractivity contribution in [2.75, 3.05) is 0 Å². The van der Waals surface area contributed by atoms with Gasteiger partial charge in [-0.1, -0.05) is 12.1 Å². The van der Waals surface area contributed by atoms with Gasteiger partial charge in [-0.15, -0.1) is 13.2 Å². The number of rotatable bonds is 2. The average molecular weight is 273 g/mol. The Morgan fingerprint density at radius 2 is 1.39 bits per heavy atom. The van der Waals surface area contributed by atoms with Gasteiger partial charge in [0.1, 0.15) is 11.3 Å². The molecule has 1 rings (SSSR count). The third-order valence-corrected chi connectivity index (χ3v) is 2.28. The van der Waals surface area contributed by atoms with Crippen LogP contribution in [-0.2, 0) is 5.54 Å². The molecule has 0 aliphatic carbocycles. The Morgan fingerprint density at radius 3 is 1.72 bits per heavy atom. The van der Waals surface area contributed by atoms with E-state index in [1.54, 1.807) is 0 Å². The molecular formula is C10H9F6NO. The summed E-state index contributed by atoms with van der Waals surface area (Å²) in [7, 11) is 0. The third-order valence-electron chi connectivity index (χ3n) is 2.28. The largest absolute Gasteiger partial charge is 0.573 e. The summed E-state index contributed by atoms with van der Waals surface area (Å²) in [4.78, 5) is 0. The Hall–Kier alpha value is -1.44. The smallest absolute Gasteiger partial charge is 0.406 e. The minimum Gasteiger partial charge on any atom is -0.406 e. The van der Waals surface area contributed by atoms with Crippen LogP contribution >= 0.6 is 0 Å². The number of nitrogens with two attached hydrogens (primary N) is 1. The van der Waals surface area contributed by atoms with Gasteiger partial charge in [0.05, 0.1) is 0 Å². The molecule has 0 saturated heterocycles. The van der Waals surface area contributed by atoms with Crippen LogP contribution in [0.5, 0.6) is 5.75 Å². The molecule has 0 aromatic heterocycles. The zero-order valence-electron chi connectivity index (χ0n) is 9.06. The van der Waals surface area contributed by atoms with E-state index >= 15 is 0 Å². The van der Waals surface area contributed by atoms with Crippen LogP contribution in [0, 0.1) is 0 Å². The van der Waals surface area contributed by atoms with Gasteiger partial charge in [0.15, 0.2) is 0 Å². The van der Waals surface area contributed by atoms with Gasteiger partial charge in [-0.25, -0.2) is 0 Å². The van der Waals surface area contributed by atoms with E-state index in [2.05, 4.69) is 4.74 Å². The molecule has 102 valence electrons. The lowest BCUT2D eigenvalue weighted by atomic mass is 9.92. The second kappa shape index (κ2) is 4.34. The molecule has 2 nitrogen and oxygen atoms in total. The van der Waals surface area contributed by atoms with E-state index in [0.717, 1.165) is 31.2 Å². The number of benzene rings is 1. The summed E-state index contributed by atoms with van der Waals surface area (Å²) in [6.07, 6.45) is -9.60. The van der Waals surface area contributed by atoms with Gasteiger partial charge in [-0.05, 0) is 24.6 Å². The molecule has 0 saturated carbocycles. The molecule has 0 fully saturated rings. The fraction of sp³-hybridized carbons (Fsp3) is 0.400. The van der Waals surface area contributed by atoms with Crippen LogP contribution in [0.3, 0.4) is 0 Å². The molecule has 0 radical (unpaired) electrons. The summed E-state index contributed by atoms with van der Waals surface area (Å²) in [5.41, 5.74) is 2.11. The Labute approximate surface area is 98.3 Å². The first-order valence-corrected chi connectivity index (χ1v) is 4.65. The van der Waals surface area contributed by atoms with Crippen molar-refractivity contribution in [2.45, 2.75) is 25.0 Å². The van der Waals surface area contributed by atoms with Crippen molar-refractivity contribution in [3.63, 3.8) is 0 Å². The minimum absolute atomic E-state index is 0.357. The Morgan fingerprint density at radius 1 is 0.944 bits per heavy atom. The van der Waals surface area contributed by atoms with Gasteiger partial charge in [-0.2, -0.15) is 13.2 Å². The second-order valence-electron chi connectivity index (χ2n) is 3.77. The molecule has 0 aliphatic heterocycles. The SMILES string of the molecule is CC(N)(c1ccc(OC(F)(F)F)cc1)C(F)(F)F. The Kier molecular flexibility index (Phi) is 3.53. The highest BCUT2D eigenvalue weighted by Crippen LogP contribution is 2.37. The van der Waals surface area contributed by atoms with Crippen molar-refractivity contribution in [3.8, 4) is 5.75 Å². The number of hydrogen-bond acceptors (Lipinski definition) is 2. The molecule has 1 aromatic rings. The average Bonchev–Trinajstić information content (AvgIpc) is 2.14. The zero-order valence-corrected chi connectivity index (χ0v) is 9.06. The lowest BCUT2D eigenvalue weighted by Crippen LogP contribution is -2.47. The maximum absolute atomic E-state index is 12.6. The van der Waals surface area contributed by atoms with Crippen LogP contribution in [0.1, 0.15) is 12.5 Å². The van der Waals surface area contributed by atoms with Crippen molar-refractivity contribution in [1.29, 1.82) is 0 Å². The maximum atomic E-state index is 12.6. The highest BCUT2D eigenvalue weighted by atomic mass is 19.4. The summed E-state index contributed by atoms with van der Waals surface area (Å²) < 4.78 is 76.7. The minimum atomic E-state index is -4.89. The Bertz CT molecular complexity index is 406. The lowest BCUT2D eigenvalue weighted by molar-refractivity contribution is -0.274. The van der Waals surface area contributed by atoms with E-state index in [4.69, 9.17) is 5.73 Å². The summed E-state index contributed by atoms with van der Waals surface area (Å²) in [5, 5.41) is 0. The highest BCUT2D eigenvalue weighted by molar-refractivity contribution is 5.32. The molecule has 8 heteroatoms. The highest BCUT2D eigenvalue weighted by Gasteiger charge is 2.49. The van der Waals surface area contributed by atoms with E-state index in [0.29, 0.717) is 0 Å². The molecule has 1 aromatic carbocycles. The van der Waals surface area contributed by atoms with Gasteiger partial charge < -0.3 is 10.5 Å². The molecule has 0 bridgehead atoms. The van der Waals surface area contributed by atoms with E-state index in [1.807, 2.05) is 0 Å². The number of halogens is 6. The molecule has 0 amide bonds. The fourth-order valence-electron chi connectivity index (χ4n) is 1.17. The number of hydrogen-bond donors (Lipinski definition) is 1. The molecule has 18 heavy (non-hydrogen) atoms. The van der Waals surface area contributed by atoms with Crippen LogP contribution in [0.2, 0.25) is 0 Å². The van der Waals surface area contributed by atoms with E-state index in [9.17, 15) is 26.3 Å². The zero-order chi connectivity index (χ0) is 14.2. The quantitative estimate of drug-likeness (QED) is 0.839. The summed E-state index contributed by atoms with van der Waals surface area (Å²) >= 11 is 0. The van der Waals surface area contributed by atoms with Gasteiger partial charge in [0.25, 0.3) is 0 Å². The molecule has 2 N–H and O–H groups in total. The summed E-state index contributed by atoms with van der Waals surface area (Å²) in [5.74, 6) is -0.607. The second-order valence-corrected chi connectivity index (χ2v) is 3.77. The molecule has 1 unspecified atom stereocenters. The van der Waals surface area contributed by atoms with Gasteiger partial charge >= 0.3 is 12.5 Å². The lowest BCUT2D eigenvalue weighted by Gasteiger charge is -2.28. The third kappa shape index (κ3) is 3.28. The van der Waals surface area contributed by atoms with Crippen molar-refractivity contribution in [1.82, 2.24) is 0 Å². The van der Waals surface area contributed by atoms with Crippen molar-refractivity contribution >= 4 is 0 Å². The van der Waals surface area contributed by atoms with E-state index in [-0.39, 0.29) is 5.56 Å². The van der Waals surface area contributed by atoms with Crippen LogP contribution in [-0.4, -0.2) is 12.5 Å². The predicted molar refractivity (Wildman–Crippen MR) is 50.7 cm³/mol. The van der Waals surface area contributed by atoms with Gasteiger partial charge in [0.2, 0.25) is 0 Å². The van der Waals surface area contributed by atoms with E-state index < -0.39 is 23.8 Å². The first kappa shape index (κ1) is 14.6. The van der Waals surface area contributed by atoms with Crippen molar-refractivity contribution in [3.05, 3.63) is 29.8 Å². The van der Waals surface area contributed by atoms with Crippen LogP contribution in [0.4, 0.5) is 26.3 Å².